The lowest BCUT2D eigenvalue weighted by molar-refractivity contribution is -0.112. The van der Waals surface area contributed by atoms with Crippen LogP contribution in [0.25, 0.3) is 5.57 Å². The molecule has 0 aliphatic rings. The van der Waals surface area contributed by atoms with Crippen LogP contribution in [0.1, 0.15) is 5.56 Å². The van der Waals surface area contributed by atoms with E-state index in [2.05, 4.69) is 27.9 Å². The van der Waals surface area contributed by atoms with E-state index in [9.17, 15) is 4.79 Å². The number of hydrogen-bond donors (Lipinski definition) is 2. The summed E-state index contributed by atoms with van der Waals surface area (Å²) >= 11 is 14.5. The van der Waals surface area contributed by atoms with E-state index >= 15 is 0 Å². The van der Waals surface area contributed by atoms with E-state index in [4.69, 9.17) is 43.1 Å². The molecule has 0 radical (unpaired) electrons. The molecule has 0 bridgehead atoms. The fourth-order valence-corrected chi connectivity index (χ4v) is 3.50. The molecule has 0 saturated heterocycles. The maximum absolute atomic E-state index is 12.0. The van der Waals surface area contributed by atoms with Crippen LogP contribution in [0.15, 0.2) is 36.5 Å². The number of halogens is 3. The van der Waals surface area contributed by atoms with Gasteiger partial charge in [0.1, 0.15) is 18.1 Å². The third-order valence-electron chi connectivity index (χ3n) is 3.66. The van der Waals surface area contributed by atoms with Gasteiger partial charge in [-0.05, 0) is 52.9 Å². The van der Waals surface area contributed by atoms with Gasteiger partial charge < -0.3 is 25.3 Å². The highest BCUT2D eigenvalue weighted by Gasteiger charge is 2.16. The molecule has 1 amide bonds. The Morgan fingerprint density at radius 2 is 1.89 bits per heavy atom. The summed E-state index contributed by atoms with van der Waals surface area (Å²) in [5, 5.41) is 3.68. The van der Waals surface area contributed by atoms with Gasteiger partial charge in [-0.3, -0.25) is 4.79 Å². The molecule has 9 heteroatoms. The van der Waals surface area contributed by atoms with Gasteiger partial charge in [-0.1, -0.05) is 23.2 Å². The number of benzene rings is 2. The van der Waals surface area contributed by atoms with E-state index in [0.29, 0.717) is 29.5 Å². The Balaban J connectivity index is 2.27. The number of rotatable bonds is 9. The zero-order chi connectivity index (χ0) is 20.7. The van der Waals surface area contributed by atoms with E-state index in [-0.39, 0.29) is 10.6 Å². The molecule has 0 fully saturated rings. The summed E-state index contributed by atoms with van der Waals surface area (Å²) in [4.78, 5) is 12.0. The molecule has 0 unspecified atom stereocenters. The maximum atomic E-state index is 12.0. The van der Waals surface area contributed by atoms with E-state index in [0.717, 1.165) is 15.0 Å². The zero-order valence-electron chi connectivity index (χ0n) is 15.2. The average molecular weight is 537 g/mol. The standard InChI is InChI=1S/C19H19Cl2IN2O4/c1-26-5-6-28-17-4-3-11(7-16(17)22)24-10-13(19(23)25)12-8-18(27-2)15(21)9-14(12)20/h3-4,7-10,24H,5-6H2,1-2H3,(H2,23,25). The monoisotopic (exact) mass is 536 g/mol. The van der Waals surface area contributed by atoms with Crippen LogP contribution in [0.5, 0.6) is 11.5 Å². The number of carbonyl (C=O) groups is 1. The molecule has 3 N–H and O–H groups in total. The largest absolute Gasteiger partial charge is 0.495 e. The van der Waals surface area contributed by atoms with Crippen molar-refractivity contribution in [3.8, 4) is 11.5 Å². The number of amides is 1. The van der Waals surface area contributed by atoms with Crippen molar-refractivity contribution in [2.24, 2.45) is 5.73 Å². The Bertz CT molecular complexity index is 890. The Morgan fingerprint density at radius 1 is 1.14 bits per heavy atom. The molecule has 0 heterocycles. The van der Waals surface area contributed by atoms with Crippen molar-refractivity contribution in [1.29, 1.82) is 0 Å². The summed E-state index contributed by atoms with van der Waals surface area (Å²) < 4.78 is 16.7. The van der Waals surface area contributed by atoms with Gasteiger partial charge in [0, 0.05) is 24.6 Å². The van der Waals surface area contributed by atoms with Crippen molar-refractivity contribution < 1.29 is 19.0 Å². The summed E-state index contributed by atoms with van der Waals surface area (Å²) in [6.07, 6.45) is 1.49. The lowest BCUT2D eigenvalue weighted by Gasteiger charge is -2.12. The van der Waals surface area contributed by atoms with Crippen molar-refractivity contribution >= 4 is 63.0 Å². The number of carbonyl (C=O) groups excluding carboxylic acids is 1. The molecule has 150 valence electrons. The summed E-state index contributed by atoms with van der Waals surface area (Å²) in [6, 6.07) is 8.60. The number of ether oxygens (including phenoxy) is 3. The highest BCUT2D eigenvalue weighted by Crippen LogP contribution is 2.34. The molecule has 6 nitrogen and oxygen atoms in total. The average Bonchev–Trinajstić information content (AvgIpc) is 2.65. The fourth-order valence-electron chi connectivity index (χ4n) is 2.27. The SMILES string of the molecule is COCCOc1ccc(NC=C(C(N)=O)c2cc(OC)c(Cl)cc2Cl)cc1I. The van der Waals surface area contributed by atoms with Gasteiger partial charge in [-0.25, -0.2) is 0 Å². The van der Waals surface area contributed by atoms with Gasteiger partial charge in [0.15, 0.2) is 0 Å². The first-order valence-electron chi connectivity index (χ1n) is 8.08. The van der Waals surface area contributed by atoms with E-state index in [1.807, 2.05) is 18.2 Å². The zero-order valence-corrected chi connectivity index (χ0v) is 18.9. The highest BCUT2D eigenvalue weighted by molar-refractivity contribution is 14.1. The van der Waals surface area contributed by atoms with Crippen LogP contribution in [0.2, 0.25) is 10.0 Å². The maximum Gasteiger partial charge on any atom is 0.250 e. The lowest BCUT2D eigenvalue weighted by Crippen LogP contribution is -2.14. The van der Waals surface area contributed by atoms with E-state index < -0.39 is 5.91 Å². The predicted octanol–water partition coefficient (Wildman–Crippen LogP) is 4.57. The molecule has 28 heavy (non-hydrogen) atoms. The van der Waals surface area contributed by atoms with Gasteiger partial charge in [0.05, 0.1) is 32.9 Å². The number of anilines is 1. The normalized spacial score (nSPS) is 11.2. The molecule has 0 aliphatic heterocycles. The molecule has 0 saturated carbocycles. The minimum absolute atomic E-state index is 0.190. The fraction of sp³-hybridized carbons (Fsp3) is 0.211. The van der Waals surface area contributed by atoms with Crippen LogP contribution in [-0.4, -0.2) is 33.3 Å². The van der Waals surface area contributed by atoms with Crippen molar-refractivity contribution in [1.82, 2.24) is 0 Å². The van der Waals surface area contributed by atoms with Crippen molar-refractivity contribution in [3.63, 3.8) is 0 Å². The first-order valence-corrected chi connectivity index (χ1v) is 9.92. The molecule has 0 atom stereocenters. The summed E-state index contributed by atoms with van der Waals surface area (Å²) in [5.41, 5.74) is 6.89. The predicted molar refractivity (Wildman–Crippen MR) is 120 cm³/mol. The van der Waals surface area contributed by atoms with Crippen molar-refractivity contribution in [2.45, 2.75) is 0 Å². The highest BCUT2D eigenvalue weighted by atomic mass is 127. The third-order valence-corrected chi connectivity index (χ3v) is 5.11. The summed E-state index contributed by atoms with van der Waals surface area (Å²) in [5.74, 6) is 0.487. The van der Waals surface area contributed by atoms with Gasteiger partial charge in [0.2, 0.25) is 0 Å². The molecule has 0 spiro atoms. The second kappa shape index (κ2) is 10.8. The van der Waals surface area contributed by atoms with Gasteiger partial charge in [0.25, 0.3) is 5.91 Å². The van der Waals surface area contributed by atoms with Crippen LogP contribution >= 0.6 is 45.8 Å². The van der Waals surface area contributed by atoms with Gasteiger partial charge in [-0.2, -0.15) is 0 Å². The molecule has 0 aromatic heterocycles. The van der Waals surface area contributed by atoms with Gasteiger partial charge in [-0.15, -0.1) is 0 Å². The van der Waals surface area contributed by atoms with Crippen molar-refractivity contribution in [2.75, 3.05) is 32.8 Å². The van der Waals surface area contributed by atoms with Crippen molar-refractivity contribution in [3.05, 3.63) is 55.7 Å². The van der Waals surface area contributed by atoms with Crippen LogP contribution in [0.3, 0.4) is 0 Å². The molecule has 0 aliphatic carbocycles. The first-order chi connectivity index (χ1) is 13.4. The first kappa shape index (κ1) is 22.6. The van der Waals surface area contributed by atoms with Crippen LogP contribution in [0, 0.1) is 3.57 Å². The Hall–Kier alpha value is -1.68. The number of primary amides is 1. The molecule has 2 aromatic carbocycles. The Kier molecular flexibility index (Phi) is 8.68. The minimum Gasteiger partial charge on any atom is -0.495 e. The Morgan fingerprint density at radius 3 is 2.50 bits per heavy atom. The second-order valence-corrected chi connectivity index (χ2v) is 7.50. The topological polar surface area (TPSA) is 82.8 Å². The second-order valence-electron chi connectivity index (χ2n) is 5.52. The molecular weight excluding hydrogens is 518 g/mol. The number of nitrogens with two attached hydrogens (primary N) is 1. The van der Waals surface area contributed by atoms with Crippen LogP contribution < -0.4 is 20.5 Å². The smallest absolute Gasteiger partial charge is 0.250 e. The van der Waals surface area contributed by atoms with E-state index in [1.54, 1.807) is 13.2 Å². The number of nitrogens with one attached hydrogen (secondary N) is 1. The minimum atomic E-state index is -0.645. The third kappa shape index (κ3) is 5.91. The number of methoxy groups -OCH3 is 2. The van der Waals surface area contributed by atoms with Gasteiger partial charge >= 0.3 is 0 Å². The summed E-state index contributed by atoms with van der Waals surface area (Å²) in [6.45, 7) is 0.966. The van der Waals surface area contributed by atoms with Crippen LogP contribution in [0.4, 0.5) is 5.69 Å². The molecule has 2 aromatic rings. The van der Waals surface area contributed by atoms with E-state index in [1.165, 1.54) is 19.4 Å². The summed E-state index contributed by atoms with van der Waals surface area (Å²) in [7, 11) is 3.09. The Labute approximate surface area is 187 Å². The van der Waals surface area contributed by atoms with Crippen LogP contribution in [-0.2, 0) is 9.53 Å². The molecule has 2 rings (SSSR count). The quantitative estimate of drug-likeness (QED) is 0.279. The molecular formula is C19H19Cl2IN2O4. The lowest BCUT2D eigenvalue weighted by atomic mass is 10.1. The number of hydrogen-bond acceptors (Lipinski definition) is 5.